The van der Waals surface area contributed by atoms with Gasteiger partial charge in [-0.3, -0.25) is 14.9 Å². The molecule has 0 spiro atoms. The van der Waals surface area contributed by atoms with Gasteiger partial charge in [0.15, 0.2) is 0 Å². The van der Waals surface area contributed by atoms with Crippen LogP contribution < -0.4 is 5.32 Å². The lowest BCUT2D eigenvalue weighted by molar-refractivity contribution is -0.385. The second-order valence-corrected chi connectivity index (χ2v) is 5.27. The van der Waals surface area contributed by atoms with Crippen molar-refractivity contribution in [2.45, 2.75) is 20.3 Å². The molecular weight excluding hydrogens is 304 g/mol. The Bertz CT molecular complexity index is 744. The maximum atomic E-state index is 12.4. The summed E-state index contributed by atoms with van der Waals surface area (Å²) in [5.74, 6) is -0.543. The summed E-state index contributed by atoms with van der Waals surface area (Å²) in [6, 6.07) is 9.62. The first-order valence-electron chi connectivity index (χ1n) is 6.77. The molecule has 2 aromatic carbocycles. The molecule has 2 rings (SSSR count). The Balaban J connectivity index is 2.42. The van der Waals surface area contributed by atoms with Crippen LogP contribution >= 0.6 is 11.6 Å². The summed E-state index contributed by atoms with van der Waals surface area (Å²) in [7, 11) is 0. The standard InChI is InChI=1S/C16H15ClN2O3/c1-3-11-6-4-5-10(2)15(11)18-16(20)13-9-12(17)7-8-14(13)19(21)22/h4-9H,3H2,1-2H3,(H,18,20). The molecule has 2 aromatic rings. The van der Waals surface area contributed by atoms with Crippen LogP contribution in [0.5, 0.6) is 0 Å². The number of anilines is 1. The van der Waals surface area contributed by atoms with E-state index in [1.807, 2.05) is 32.0 Å². The topological polar surface area (TPSA) is 72.2 Å². The lowest BCUT2D eigenvalue weighted by Gasteiger charge is -2.13. The zero-order valence-electron chi connectivity index (χ0n) is 12.2. The van der Waals surface area contributed by atoms with Crippen molar-refractivity contribution in [2.75, 3.05) is 5.32 Å². The summed E-state index contributed by atoms with van der Waals surface area (Å²) in [6.07, 6.45) is 0.745. The quantitative estimate of drug-likeness (QED) is 0.672. The van der Waals surface area contributed by atoms with Crippen LogP contribution in [0.2, 0.25) is 5.02 Å². The zero-order chi connectivity index (χ0) is 16.3. The molecular formula is C16H15ClN2O3. The molecule has 5 nitrogen and oxygen atoms in total. The molecule has 0 radical (unpaired) electrons. The van der Waals surface area contributed by atoms with E-state index in [0.717, 1.165) is 17.5 Å². The number of para-hydroxylation sites is 1. The summed E-state index contributed by atoms with van der Waals surface area (Å²) in [5.41, 5.74) is 2.23. The van der Waals surface area contributed by atoms with E-state index in [2.05, 4.69) is 5.32 Å². The van der Waals surface area contributed by atoms with E-state index in [1.165, 1.54) is 18.2 Å². The molecule has 0 saturated carbocycles. The van der Waals surface area contributed by atoms with E-state index in [1.54, 1.807) is 0 Å². The van der Waals surface area contributed by atoms with Gasteiger partial charge in [-0.2, -0.15) is 0 Å². The molecule has 0 atom stereocenters. The van der Waals surface area contributed by atoms with Crippen LogP contribution in [0, 0.1) is 17.0 Å². The molecule has 0 aliphatic rings. The van der Waals surface area contributed by atoms with Gasteiger partial charge in [0.05, 0.1) is 4.92 Å². The van der Waals surface area contributed by atoms with Gasteiger partial charge in [-0.25, -0.2) is 0 Å². The molecule has 0 saturated heterocycles. The summed E-state index contributed by atoms with van der Waals surface area (Å²) >= 11 is 5.86. The monoisotopic (exact) mass is 318 g/mol. The molecule has 1 N–H and O–H groups in total. The van der Waals surface area contributed by atoms with Gasteiger partial charge in [0, 0.05) is 16.8 Å². The molecule has 0 fully saturated rings. The highest BCUT2D eigenvalue weighted by atomic mass is 35.5. The predicted molar refractivity (Wildman–Crippen MR) is 86.6 cm³/mol. The zero-order valence-corrected chi connectivity index (χ0v) is 13.0. The SMILES string of the molecule is CCc1cccc(C)c1NC(=O)c1cc(Cl)ccc1[N+](=O)[O-]. The van der Waals surface area contributed by atoms with Gasteiger partial charge in [-0.05, 0) is 36.6 Å². The maximum absolute atomic E-state index is 12.4. The number of hydrogen-bond acceptors (Lipinski definition) is 3. The number of hydrogen-bond donors (Lipinski definition) is 1. The molecule has 22 heavy (non-hydrogen) atoms. The molecule has 0 bridgehead atoms. The highest BCUT2D eigenvalue weighted by molar-refractivity contribution is 6.31. The Labute approximate surface area is 133 Å². The van der Waals surface area contributed by atoms with Crippen LogP contribution in [0.25, 0.3) is 0 Å². The number of nitro benzene ring substituents is 1. The number of rotatable bonds is 4. The molecule has 0 aliphatic heterocycles. The van der Waals surface area contributed by atoms with E-state index in [-0.39, 0.29) is 16.3 Å². The average molecular weight is 319 g/mol. The number of carbonyl (C=O) groups is 1. The molecule has 0 heterocycles. The first kappa shape index (κ1) is 16.0. The van der Waals surface area contributed by atoms with Crippen molar-refractivity contribution in [3.63, 3.8) is 0 Å². The highest BCUT2D eigenvalue weighted by Gasteiger charge is 2.21. The minimum absolute atomic E-state index is 0.0530. The van der Waals surface area contributed by atoms with Crippen molar-refractivity contribution >= 4 is 28.9 Å². The van der Waals surface area contributed by atoms with Crippen LogP contribution in [0.3, 0.4) is 0 Å². The first-order chi connectivity index (χ1) is 10.4. The highest BCUT2D eigenvalue weighted by Crippen LogP contribution is 2.26. The van der Waals surface area contributed by atoms with Crippen molar-refractivity contribution in [3.8, 4) is 0 Å². The number of nitrogens with zero attached hydrogens (tertiary/aromatic N) is 1. The third-order valence-electron chi connectivity index (χ3n) is 3.38. The van der Waals surface area contributed by atoms with E-state index in [0.29, 0.717) is 5.69 Å². The van der Waals surface area contributed by atoms with Gasteiger partial charge in [-0.1, -0.05) is 36.7 Å². The number of nitrogens with one attached hydrogen (secondary N) is 1. The number of nitro groups is 1. The summed E-state index contributed by atoms with van der Waals surface area (Å²) < 4.78 is 0. The number of halogens is 1. The Morgan fingerprint density at radius 3 is 2.68 bits per heavy atom. The second-order valence-electron chi connectivity index (χ2n) is 4.84. The van der Waals surface area contributed by atoms with Crippen LogP contribution in [-0.2, 0) is 6.42 Å². The lowest BCUT2D eigenvalue weighted by Crippen LogP contribution is -2.16. The van der Waals surface area contributed by atoms with E-state index in [4.69, 9.17) is 11.6 Å². The van der Waals surface area contributed by atoms with Gasteiger partial charge in [0.2, 0.25) is 0 Å². The minimum atomic E-state index is -0.593. The van der Waals surface area contributed by atoms with E-state index >= 15 is 0 Å². The Morgan fingerprint density at radius 2 is 2.05 bits per heavy atom. The van der Waals surface area contributed by atoms with Crippen molar-refractivity contribution in [2.24, 2.45) is 0 Å². The van der Waals surface area contributed by atoms with Gasteiger partial charge < -0.3 is 5.32 Å². The third kappa shape index (κ3) is 3.26. The molecule has 0 aliphatic carbocycles. The van der Waals surface area contributed by atoms with Crippen molar-refractivity contribution in [3.05, 3.63) is 68.2 Å². The second kappa shape index (κ2) is 6.58. The van der Waals surface area contributed by atoms with Crippen LogP contribution in [0.4, 0.5) is 11.4 Å². The van der Waals surface area contributed by atoms with Gasteiger partial charge >= 0.3 is 0 Å². The molecule has 114 valence electrons. The Kier molecular flexibility index (Phi) is 4.78. The van der Waals surface area contributed by atoms with Gasteiger partial charge in [0.25, 0.3) is 11.6 Å². The minimum Gasteiger partial charge on any atom is -0.321 e. The molecule has 0 aromatic heterocycles. The Hall–Kier alpha value is -2.40. The average Bonchev–Trinajstić information content (AvgIpc) is 2.48. The fourth-order valence-electron chi connectivity index (χ4n) is 2.23. The first-order valence-corrected chi connectivity index (χ1v) is 7.15. The largest absolute Gasteiger partial charge is 0.321 e. The predicted octanol–water partition coefficient (Wildman–Crippen LogP) is 4.37. The van der Waals surface area contributed by atoms with Crippen molar-refractivity contribution in [1.82, 2.24) is 0 Å². The fourth-order valence-corrected chi connectivity index (χ4v) is 2.40. The number of amides is 1. The fraction of sp³-hybridized carbons (Fsp3) is 0.188. The normalized spacial score (nSPS) is 10.3. The Morgan fingerprint density at radius 1 is 1.32 bits per heavy atom. The number of aryl methyl sites for hydroxylation is 2. The summed E-state index contributed by atoms with van der Waals surface area (Å²) in [4.78, 5) is 22.9. The summed E-state index contributed by atoms with van der Waals surface area (Å²) in [6.45, 7) is 3.85. The van der Waals surface area contributed by atoms with Crippen LogP contribution in [0.1, 0.15) is 28.4 Å². The van der Waals surface area contributed by atoms with Gasteiger partial charge in [0.1, 0.15) is 5.56 Å². The van der Waals surface area contributed by atoms with E-state index < -0.39 is 10.8 Å². The molecule has 6 heteroatoms. The molecule has 1 amide bonds. The summed E-state index contributed by atoms with van der Waals surface area (Å²) in [5, 5.41) is 14.1. The van der Waals surface area contributed by atoms with Crippen molar-refractivity contribution < 1.29 is 9.72 Å². The maximum Gasteiger partial charge on any atom is 0.282 e. The van der Waals surface area contributed by atoms with Crippen molar-refractivity contribution in [1.29, 1.82) is 0 Å². The van der Waals surface area contributed by atoms with Crippen LogP contribution in [0.15, 0.2) is 36.4 Å². The van der Waals surface area contributed by atoms with Crippen LogP contribution in [-0.4, -0.2) is 10.8 Å². The number of benzene rings is 2. The third-order valence-corrected chi connectivity index (χ3v) is 3.61. The van der Waals surface area contributed by atoms with E-state index in [9.17, 15) is 14.9 Å². The smallest absolute Gasteiger partial charge is 0.282 e. The molecule has 0 unspecified atom stereocenters. The van der Waals surface area contributed by atoms with Gasteiger partial charge in [-0.15, -0.1) is 0 Å². The number of carbonyl (C=O) groups excluding carboxylic acids is 1. The lowest BCUT2D eigenvalue weighted by atomic mass is 10.0.